The van der Waals surface area contributed by atoms with Crippen LogP contribution in [-0.2, 0) is 0 Å². The highest BCUT2D eigenvalue weighted by atomic mass is 35.5. The second-order valence-corrected chi connectivity index (χ2v) is 5.60. The molecule has 1 heterocycles. The SMILES string of the molecule is CC(C)C(N)c1cncn1C(C)c1ccccc1Cl. The Bertz CT molecular complexity index is 548. The van der Waals surface area contributed by atoms with Crippen LogP contribution in [0.1, 0.15) is 44.1 Å². The van der Waals surface area contributed by atoms with Crippen LogP contribution in [0.2, 0.25) is 5.02 Å². The fourth-order valence-electron chi connectivity index (χ4n) is 2.20. The van der Waals surface area contributed by atoms with Gasteiger partial charge in [0.2, 0.25) is 0 Å². The molecule has 0 saturated heterocycles. The summed E-state index contributed by atoms with van der Waals surface area (Å²) < 4.78 is 2.10. The number of hydrogen-bond donors (Lipinski definition) is 1. The van der Waals surface area contributed by atoms with Crippen LogP contribution < -0.4 is 5.73 Å². The van der Waals surface area contributed by atoms with Crippen LogP contribution in [0.4, 0.5) is 0 Å². The van der Waals surface area contributed by atoms with E-state index < -0.39 is 0 Å². The number of nitrogens with zero attached hydrogens (tertiary/aromatic N) is 2. The monoisotopic (exact) mass is 277 g/mol. The Hall–Kier alpha value is -1.32. The summed E-state index contributed by atoms with van der Waals surface area (Å²) in [7, 11) is 0. The van der Waals surface area contributed by atoms with Crippen molar-refractivity contribution in [2.24, 2.45) is 11.7 Å². The molecule has 19 heavy (non-hydrogen) atoms. The standard InChI is InChI=1S/C15H20ClN3/c1-10(2)15(17)14-8-18-9-19(14)11(3)12-6-4-5-7-13(12)16/h4-11,15H,17H2,1-3H3. The van der Waals surface area contributed by atoms with Crippen LogP contribution in [0, 0.1) is 5.92 Å². The molecule has 1 aromatic heterocycles. The summed E-state index contributed by atoms with van der Waals surface area (Å²) in [5.74, 6) is 0.369. The lowest BCUT2D eigenvalue weighted by atomic mass is 10.0. The predicted octanol–water partition coefficient (Wildman–Crippen LogP) is 3.80. The first-order valence-corrected chi connectivity index (χ1v) is 6.92. The van der Waals surface area contributed by atoms with Gasteiger partial charge < -0.3 is 10.3 Å². The molecule has 2 rings (SSSR count). The van der Waals surface area contributed by atoms with Crippen LogP contribution in [0.15, 0.2) is 36.8 Å². The van der Waals surface area contributed by atoms with E-state index in [1.54, 1.807) is 0 Å². The second-order valence-electron chi connectivity index (χ2n) is 5.19. The lowest BCUT2D eigenvalue weighted by molar-refractivity contribution is 0.468. The van der Waals surface area contributed by atoms with E-state index in [9.17, 15) is 0 Å². The van der Waals surface area contributed by atoms with Crippen molar-refractivity contribution in [2.75, 3.05) is 0 Å². The van der Waals surface area contributed by atoms with Gasteiger partial charge >= 0.3 is 0 Å². The third-order valence-corrected chi connectivity index (χ3v) is 3.87. The molecule has 3 nitrogen and oxygen atoms in total. The van der Waals surface area contributed by atoms with Gasteiger partial charge in [0.15, 0.2) is 0 Å². The van der Waals surface area contributed by atoms with Gasteiger partial charge in [-0.05, 0) is 24.5 Å². The largest absolute Gasteiger partial charge is 0.326 e. The Morgan fingerprint density at radius 1 is 1.21 bits per heavy atom. The zero-order valence-electron chi connectivity index (χ0n) is 11.5. The van der Waals surface area contributed by atoms with Crippen molar-refractivity contribution in [1.29, 1.82) is 0 Å². The molecular formula is C15H20ClN3. The Kier molecular flexibility index (Phi) is 4.27. The number of hydrogen-bond acceptors (Lipinski definition) is 2. The summed E-state index contributed by atoms with van der Waals surface area (Å²) in [6.07, 6.45) is 3.67. The number of nitrogens with two attached hydrogens (primary N) is 1. The smallest absolute Gasteiger partial charge is 0.0954 e. The molecule has 2 atom stereocenters. The highest BCUT2D eigenvalue weighted by Gasteiger charge is 2.19. The van der Waals surface area contributed by atoms with Crippen molar-refractivity contribution in [1.82, 2.24) is 9.55 Å². The van der Waals surface area contributed by atoms with E-state index in [2.05, 4.69) is 30.3 Å². The molecule has 1 aromatic carbocycles. The lowest BCUT2D eigenvalue weighted by Crippen LogP contribution is -2.22. The number of imidazole rings is 1. The van der Waals surface area contributed by atoms with Gasteiger partial charge in [-0.3, -0.25) is 0 Å². The van der Waals surface area contributed by atoms with Gasteiger partial charge in [0.05, 0.1) is 18.1 Å². The van der Waals surface area contributed by atoms with Crippen LogP contribution in [0.5, 0.6) is 0 Å². The average molecular weight is 278 g/mol. The molecule has 0 fully saturated rings. The maximum Gasteiger partial charge on any atom is 0.0954 e. The minimum Gasteiger partial charge on any atom is -0.326 e. The molecule has 0 bridgehead atoms. The zero-order chi connectivity index (χ0) is 14.0. The molecule has 0 aliphatic carbocycles. The van der Waals surface area contributed by atoms with Crippen molar-refractivity contribution in [2.45, 2.75) is 32.9 Å². The number of aromatic nitrogens is 2. The average Bonchev–Trinajstić information content (AvgIpc) is 2.86. The quantitative estimate of drug-likeness (QED) is 0.924. The van der Waals surface area contributed by atoms with E-state index in [4.69, 9.17) is 17.3 Å². The summed E-state index contributed by atoms with van der Waals surface area (Å²) in [6.45, 7) is 6.34. The van der Waals surface area contributed by atoms with Crippen LogP contribution in [0.3, 0.4) is 0 Å². The summed E-state index contributed by atoms with van der Waals surface area (Å²) in [4.78, 5) is 4.24. The van der Waals surface area contributed by atoms with Crippen molar-refractivity contribution in [3.63, 3.8) is 0 Å². The Balaban J connectivity index is 2.38. The first-order chi connectivity index (χ1) is 9.02. The highest BCUT2D eigenvalue weighted by Crippen LogP contribution is 2.29. The first kappa shape index (κ1) is 14.1. The molecule has 0 spiro atoms. The predicted molar refractivity (Wildman–Crippen MR) is 79.3 cm³/mol. The van der Waals surface area contributed by atoms with Gasteiger partial charge in [0.1, 0.15) is 0 Å². The third kappa shape index (κ3) is 2.82. The van der Waals surface area contributed by atoms with Gasteiger partial charge in [-0.1, -0.05) is 43.6 Å². The number of rotatable bonds is 4. The minimum absolute atomic E-state index is 0.0209. The summed E-state index contributed by atoms with van der Waals surface area (Å²) in [6, 6.07) is 7.98. The zero-order valence-corrected chi connectivity index (χ0v) is 12.3. The van der Waals surface area contributed by atoms with E-state index in [0.29, 0.717) is 5.92 Å². The van der Waals surface area contributed by atoms with Gasteiger partial charge in [-0.15, -0.1) is 0 Å². The fraction of sp³-hybridized carbons (Fsp3) is 0.400. The minimum atomic E-state index is -0.0209. The van der Waals surface area contributed by atoms with E-state index in [0.717, 1.165) is 16.3 Å². The van der Waals surface area contributed by atoms with Gasteiger partial charge in [-0.2, -0.15) is 0 Å². The van der Waals surface area contributed by atoms with Crippen molar-refractivity contribution in [3.05, 3.63) is 53.1 Å². The van der Waals surface area contributed by atoms with E-state index in [1.807, 2.05) is 36.8 Å². The van der Waals surface area contributed by atoms with E-state index in [-0.39, 0.29) is 12.1 Å². The summed E-state index contributed by atoms with van der Waals surface area (Å²) in [5, 5.41) is 0.771. The fourth-order valence-corrected chi connectivity index (χ4v) is 2.50. The molecule has 0 saturated carbocycles. The maximum absolute atomic E-state index is 6.27. The Morgan fingerprint density at radius 3 is 2.53 bits per heavy atom. The summed E-state index contributed by atoms with van der Waals surface area (Å²) in [5.41, 5.74) is 8.37. The molecule has 0 aliphatic heterocycles. The molecule has 2 N–H and O–H groups in total. The third-order valence-electron chi connectivity index (χ3n) is 3.53. The number of halogens is 1. The molecule has 2 aromatic rings. The van der Waals surface area contributed by atoms with Gasteiger partial charge in [0.25, 0.3) is 0 Å². The van der Waals surface area contributed by atoms with E-state index >= 15 is 0 Å². The van der Waals surface area contributed by atoms with Crippen molar-refractivity contribution in [3.8, 4) is 0 Å². The van der Waals surface area contributed by atoms with E-state index in [1.165, 1.54) is 0 Å². The molecule has 0 radical (unpaired) electrons. The normalized spacial score (nSPS) is 14.6. The maximum atomic E-state index is 6.27. The van der Waals surface area contributed by atoms with Crippen molar-refractivity contribution < 1.29 is 0 Å². The van der Waals surface area contributed by atoms with Crippen LogP contribution >= 0.6 is 11.6 Å². The molecule has 0 aliphatic rings. The van der Waals surface area contributed by atoms with Gasteiger partial charge in [0, 0.05) is 17.3 Å². The molecule has 4 heteroatoms. The summed E-state index contributed by atoms with van der Waals surface area (Å²) >= 11 is 6.27. The second kappa shape index (κ2) is 5.76. The molecule has 2 unspecified atom stereocenters. The molecule has 102 valence electrons. The topological polar surface area (TPSA) is 43.8 Å². The first-order valence-electron chi connectivity index (χ1n) is 6.54. The van der Waals surface area contributed by atoms with Gasteiger partial charge in [-0.25, -0.2) is 4.98 Å². The number of benzene rings is 1. The Morgan fingerprint density at radius 2 is 1.89 bits per heavy atom. The van der Waals surface area contributed by atoms with Crippen LogP contribution in [0.25, 0.3) is 0 Å². The van der Waals surface area contributed by atoms with Crippen LogP contribution in [-0.4, -0.2) is 9.55 Å². The molecule has 0 amide bonds. The Labute approximate surface area is 119 Å². The highest BCUT2D eigenvalue weighted by molar-refractivity contribution is 6.31. The lowest BCUT2D eigenvalue weighted by Gasteiger charge is -2.23. The molecular weight excluding hydrogens is 258 g/mol. The van der Waals surface area contributed by atoms with Crippen molar-refractivity contribution >= 4 is 11.6 Å².